The first-order valence-electron chi connectivity index (χ1n) is 8.09. The largest absolute Gasteiger partial charge is 0.508 e. The first-order chi connectivity index (χ1) is 11.7. The van der Waals surface area contributed by atoms with Crippen LogP contribution in [0, 0.1) is 0 Å². The lowest BCUT2D eigenvalue weighted by Crippen LogP contribution is -2.31. The summed E-state index contributed by atoms with van der Waals surface area (Å²) in [6.45, 7) is 2.06. The molecular formula is C17H18N4O2S. The third kappa shape index (κ3) is 2.49. The average molecular weight is 342 g/mol. The Morgan fingerprint density at radius 2 is 2.12 bits per heavy atom. The zero-order valence-corrected chi connectivity index (χ0v) is 14.1. The second kappa shape index (κ2) is 5.98. The van der Waals surface area contributed by atoms with Gasteiger partial charge in [0.1, 0.15) is 11.8 Å². The highest BCUT2D eigenvalue weighted by atomic mass is 32.2. The number of benzene rings is 1. The monoisotopic (exact) mass is 342 g/mol. The van der Waals surface area contributed by atoms with E-state index in [9.17, 15) is 9.90 Å². The van der Waals surface area contributed by atoms with Crippen LogP contribution in [0.3, 0.4) is 0 Å². The molecule has 7 heteroatoms. The van der Waals surface area contributed by atoms with Crippen molar-refractivity contribution in [2.75, 3.05) is 11.1 Å². The van der Waals surface area contributed by atoms with Crippen LogP contribution in [-0.4, -0.2) is 31.4 Å². The van der Waals surface area contributed by atoms with Crippen LogP contribution < -0.4 is 5.32 Å². The molecule has 4 rings (SSSR count). The number of thioether (sulfide) groups is 1. The molecule has 0 saturated carbocycles. The molecule has 0 amide bonds. The minimum absolute atomic E-state index is 0.160. The van der Waals surface area contributed by atoms with Crippen molar-refractivity contribution in [3.8, 4) is 5.75 Å². The molecule has 1 unspecified atom stereocenters. The molecule has 0 fully saturated rings. The number of carbonyl (C=O) groups is 1. The van der Waals surface area contributed by atoms with E-state index in [0.717, 1.165) is 35.4 Å². The van der Waals surface area contributed by atoms with Crippen molar-refractivity contribution in [1.82, 2.24) is 14.8 Å². The Morgan fingerprint density at radius 1 is 1.33 bits per heavy atom. The average Bonchev–Trinajstić information content (AvgIpc) is 2.96. The summed E-state index contributed by atoms with van der Waals surface area (Å²) in [5, 5.41) is 18.2. The number of ketones is 1. The van der Waals surface area contributed by atoms with Crippen LogP contribution in [0.25, 0.3) is 0 Å². The minimum atomic E-state index is -0.289. The summed E-state index contributed by atoms with van der Waals surface area (Å²) in [7, 11) is 0. The predicted molar refractivity (Wildman–Crippen MR) is 92.2 cm³/mol. The van der Waals surface area contributed by atoms with Crippen molar-refractivity contribution >= 4 is 23.5 Å². The molecule has 1 atom stereocenters. The van der Waals surface area contributed by atoms with E-state index in [4.69, 9.17) is 0 Å². The number of allylic oxidation sites excluding steroid dienone is 2. The molecule has 0 saturated heterocycles. The number of fused-ring (bicyclic) bond motifs is 1. The van der Waals surface area contributed by atoms with E-state index in [0.29, 0.717) is 17.5 Å². The van der Waals surface area contributed by atoms with Crippen molar-refractivity contribution in [3.63, 3.8) is 0 Å². The first-order valence-corrected chi connectivity index (χ1v) is 9.07. The molecule has 24 heavy (non-hydrogen) atoms. The molecule has 124 valence electrons. The van der Waals surface area contributed by atoms with E-state index in [1.165, 1.54) is 0 Å². The van der Waals surface area contributed by atoms with Crippen LogP contribution in [-0.2, 0) is 4.79 Å². The number of hydrogen-bond acceptors (Lipinski definition) is 6. The van der Waals surface area contributed by atoms with Gasteiger partial charge < -0.3 is 10.4 Å². The molecule has 6 nitrogen and oxygen atoms in total. The van der Waals surface area contributed by atoms with E-state index in [1.807, 2.05) is 12.1 Å². The Bertz CT molecular complexity index is 826. The first kappa shape index (κ1) is 15.3. The number of rotatable bonds is 3. The second-order valence-corrected chi connectivity index (χ2v) is 7.11. The molecule has 0 radical (unpaired) electrons. The number of phenols is 1. The molecule has 2 aliphatic rings. The summed E-state index contributed by atoms with van der Waals surface area (Å²) in [6, 6.07) is 6.68. The SMILES string of the molecule is CCSc1nc2n(n1)C(c1ccc(O)cc1)C1=C(CCCC1=O)N2. The fourth-order valence-electron chi connectivity index (χ4n) is 3.29. The number of hydrogen-bond donors (Lipinski definition) is 2. The van der Waals surface area contributed by atoms with Crippen LogP contribution in [0.15, 0.2) is 40.7 Å². The van der Waals surface area contributed by atoms with Gasteiger partial charge >= 0.3 is 0 Å². The second-order valence-electron chi connectivity index (χ2n) is 5.88. The summed E-state index contributed by atoms with van der Waals surface area (Å²) in [5.41, 5.74) is 2.66. The van der Waals surface area contributed by atoms with Gasteiger partial charge in [-0.3, -0.25) is 4.79 Å². The van der Waals surface area contributed by atoms with Gasteiger partial charge in [-0.15, -0.1) is 5.10 Å². The molecule has 2 N–H and O–H groups in total. The lowest BCUT2D eigenvalue weighted by Gasteiger charge is -2.32. The topological polar surface area (TPSA) is 80.0 Å². The number of anilines is 1. The third-order valence-electron chi connectivity index (χ3n) is 4.33. The maximum atomic E-state index is 12.6. The summed E-state index contributed by atoms with van der Waals surface area (Å²) in [5.74, 6) is 1.93. The van der Waals surface area contributed by atoms with Crippen LogP contribution in [0.1, 0.15) is 37.8 Å². The van der Waals surface area contributed by atoms with Crippen LogP contribution in [0.4, 0.5) is 5.95 Å². The molecule has 1 aliphatic heterocycles. The fourth-order valence-corrected chi connectivity index (χ4v) is 3.85. The number of Topliss-reactive ketones (excluding diaryl/α,β-unsaturated/α-hetero) is 1. The van der Waals surface area contributed by atoms with Crippen molar-refractivity contribution in [2.24, 2.45) is 0 Å². The standard InChI is InChI=1S/C17H18N4O2S/c1-2-24-17-19-16-18-12-4-3-5-13(23)14(12)15(21(16)20-17)10-6-8-11(22)9-7-10/h6-9,15,22H,2-5H2,1H3,(H,18,19,20). The molecule has 1 aromatic heterocycles. The van der Waals surface area contributed by atoms with Gasteiger partial charge in [0.05, 0.1) is 0 Å². The summed E-state index contributed by atoms with van der Waals surface area (Å²) in [4.78, 5) is 17.2. The van der Waals surface area contributed by atoms with Crippen molar-refractivity contribution < 1.29 is 9.90 Å². The third-order valence-corrected chi connectivity index (χ3v) is 5.05. The van der Waals surface area contributed by atoms with Gasteiger partial charge in [-0.2, -0.15) is 4.98 Å². The quantitative estimate of drug-likeness (QED) is 0.834. The molecule has 0 bridgehead atoms. The summed E-state index contributed by atoms with van der Waals surface area (Å²) in [6.07, 6.45) is 2.27. The van der Waals surface area contributed by atoms with Gasteiger partial charge in [-0.1, -0.05) is 30.8 Å². The molecule has 2 aromatic rings. The molecule has 1 aromatic carbocycles. The van der Waals surface area contributed by atoms with Crippen LogP contribution in [0.2, 0.25) is 0 Å². The van der Waals surface area contributed by atoms with E-state index >= 15 is 0 Å². The fraction of sp³-hybridized carbons (Fsp3) is 0.353. The smallest absolute Gasteiger partial charge is 0.227 e. The number of nitrogens with one attached hydrogen (secondary N) is 1. The Hall–Kier alpha value is -2.28. The van der Waals surface area contributed by atoms with Gasteiger partial charge in [0.15, 0.2) is 5.78 Å². The van der Waals surface area contributed by atoms with Gasteiger partial charge in [-0.25, -0.2) is 4.68 Å². The maximum Gasteiger partial charge on any atom is 0.227 e. The zero-order valence-electron chi connectivity index (χ0n) is 13.3. The Kier molecular flexibility index (Phi) is 3.80. The Labute approximate surface area is 144 Å². The lowest BCUT2D eigenvalue weighted by molar-refractivity contribution is -0.116. The summed E-state index contributed by atoms with van der Waals surface area (Å²) < 4.78 is 1.80. The number of carbonyl (C=O) groups excluding carboxylic acids is 1. The zero-order chi connectivity index (χ0) is 16.7. The van der Waals surface area contributed by atoms with Crippen LogP contribution >= 0.6 is 11.8 Å². The van der Waals surface area contributed by atoms with Crippen LogP contribution in [0.5, 0.6) is 5.75 Å². The Balaban J connectivity index is 1.87. The van der Waals surface area contributed by atoms with E-state index in [1.54, 1.807) is 28.6 Å². The van der Waals surface area contributed by atoms with Crippen molar-refractivity contribution in [1.29, 1.82) is 0 Å². The highest BCUT2D eigenvalue weighted by Crippen LogP contribution is 2.40. The highest BCUT2D eigenvalue weighted by Gasteiger charge is 2.36. The van der Waals surface area contributed by atoms with E-state index < -0.39 is 0 Å². The van der Waals surface area contributed by atoms with Gasteiger partial charge in [0.25, 0.3) is 0 Å². The lowest BCUT2D eigenvalue weighted by atomic mass is 9.85. The molecule has 0 spiro atoms. The molecule has 1 aliphatic carbocycles. The highest BCUT2D eigenvalue weighted by molar-refractivity contribution is 7.99. The predicted octanol–water partition coefficient (Wildman–Crippen LogP) is 3.12. The van der Waals surface area contributed by atoms with Crippen molar-refractivity contribution in [3.05, 3.63) is 41.1 Å². The Morgan fingerprint density at radius 3 is 2.88 bits per heavy atom. The number of phenolic OH excluding ortho intramolecular Hbond substituents is 1. The number of nitrogens with zero attached hydrogens (tertiary/aromatic N) is 3. The molecular weight excluding hydrogens is 324 g/mol. The van der Waals surface area contributed by atoms with Crippen molar-refractivity contribution in [2.45, 2.75) is 37.4 Å². The maximum absolute atomic E-state index is 12.6. The number of aromatic hydroxyl groups is 1. The van der Waals surface area contributed by atoms with E-state index in [-0.39, 0.29) is 17.6 Å². The number of aromatic nitrogens is 3. The molecule has 2 heterocycles. The summed E-state index contributed by atoms with van der Waals surface area (Å²) >= 11 is 1.58. The van der Waals surface area contributed by atoms with Gasteiger partial charge in [0.2, 0.25) is 11.1 Å². The normalized spacial score (nSPS) is 19.7. The minimum Gasteiger partial charge on any atom is -0.508 e. The van der Waals surface area contributed by atoms with E-state index in [2.05, 4.69) is 22.3 Å². The van der Waals surface area contributed by atoms with Gasteiger partial charge in [-0.05, 0) is 36.3 Å². The van der Waals surface area contributed by atoms with Gasteiger partial charge in [0, 0.05) is 17.7 Å².